The van der Waals surface area contributed by atoms with E-state index in [1.807, 2.05) is 37.4 Å². The molecule has 0 saturated heterocycles. The summed E-state index contributed by atoms with van der Waals surface area (Å²) in [6, 6.07) is 15.9. The summed E-state index contributed by atoms with van der Waals surface area (Å²) in [5.74, 6) is 1.67. The van der Waals surface area contributed by atoms with E-state index >= 15 is 0 Å². The second-order valence-electron chi connectivity index (χ2n) is 8.37. The van der Waals surface area contributed by atoms with Crippen LogP contribution in [0.3, 0.4) is 0 Å². The van der Waals surface area contributed by atoms with Gasteiger partial charge in [-0.3, -0.25) is 9.88 Å². The molecule has 0 unspecified atom stereocenters. The van der Waals surface area contributed by atoms with Gasteiger partial charge in [0, 0.05) is 45.1 Å². The summed E-state index contributed by atoms with van der Waals surface area (Å²) < 4.78 is 8.04. The number of nitrogens with one attached hydrogen (secondary N) is 1. The van der Waals surface area contributed by atoms with Crippen LogP contribution in [0.4, 0.5) is 5.69 Å². The van der Waals surface area contributed by atoms with Crippen molar-refractivity contribution in [2.24, 2.45) is 7.05 Å². The Kier molecular flexibility index (Phi) is 6.47. The first-order valence-corrected chi connectivity index (χ1v) is 11.7. The topological polar surface area (TPSA) is 68.1 Å². The van der Waals surface area contributed by atoms with Crippen LogP contribution in [0.2, 0.25) is 5.02 Å². The Morgan fingerprint density at radius 3 is 2.79 bits per heavy atom. The van der Waals surface area contributed by atoms with E-state index in [0.29, 0.717) is 17.5 Å². The van der Waals surface area contributed by atoms with Crippen molar-refractivity contribution in [1.29, 1.82) is 0 Å². The number of benzene rings is 1. The lowest BCUT2D eigenvalue weighted by Crippen LogP contribution is -2.29. The first kappa shape index (κ1) is 22.4. The Labute approximate surface area is 204 Å². The Hall–Kier alpha value is -3.42. The molecule has 0 radical (unpaired) electrons. The summed E-state index contributed by atoms with van der Waals surface area (Å²) in [6.07, 6.45) is 4.82. The van der Waals surface area contributed by atoms with Crippen LogP contribution in [0.1, 0.15) is 23.6 Å². The smallest absolute Gasteiger partial charge is 0.214 e. The lowest BCUT2D eigenvalue weighted by atomic mass is 10.0. The van der Waals surface area contributed by atoms with Gasteiger partial charge in [-0.2, -0.15) is 0 Å². The van der Waals surface area contributed by atoms with Gasteiger partial charge in [0.25, 0.3) is 0 Å². The summed E-state index contributed by atoms with van der Waals surface area (Å²) in [5.41, 5.74) is 6.27. The molecule has 0 amide bonds. The van der Waals surface area contributed by atoms with Gasteiger partial charge >= 0.3 is 0 Å². The minimum Gasteiger partial charge on any atom is -0.471 e. The first-order valence-electron chi connectivity index (χ1n) is 11.3. The van der Waals surface area contributed by atoms with Gasteiger partial charge in [0.05, 0.1) is 34.0 Å². The number of hydrogen-bond donors (Lipinski definition) is 1. The lowest BCUT2D eigenvalue weighted by molar-refractivity contribution is 0.282. The van der Waals surface area contributed by atoms with E-state index in [1.165, 1.54) is 5.57 Å². The molecule has 1 aliphatic rings. The second kappa shape index (κ2) is 9.83. The molecule has 7 nitrogen and oxygen atoms in total. The van der Waals surface area contributed by atoms with Gasteiger partial charge in [0.15, 0.2) is 0 Å². The van der Waals surface area contributed by atoms with E-state index < -0.39 is 0 Å². The van der Waals surface area contributed by atoms with Crippen molar-refractivity contribution < 1.29 is 4.74 Å². The van der Waals surface area contributed by atoms with Gasteiger partial charge in [-0.1, -0.05) is 23.7 Å². The Balaban J connectivity index is 1.23. The number of imidazole rings is 1. The van der Waals surface area contributed by atoms with Crippen molar-refractivity contribution in [1.82, 2.24) is 24.4 Å². The van der Waals surface area contributed by atoms with Crippen LogP contribution < -0.4 is 10.1 Å². The van der Waals surface area contributed by atoms with Gasteiger partial charge in [0.2, 0.25) is 5.88 Å². The van der Waals surface area contributed by atoms with E-state index in [9.17, 15) is 0 Å². The minimum absolute atomic E-state index is 0.355. The van der Waals surface area contributed by atoms with E-state index in [4.69, 9.17) is 26.3 Å². The van der Waals surface area contributed by atoms with Crippen molar-refractivity contribution in [3.8, 4) is 5.88 Å². The quantitative estimate of drug-likeness (QED) is 0.409. The molecule has 0 atom stereocenters. The number of anilines is 1. The third kappa shape index (κ3) is 4.90. The van der Waals surface area contributed by atoms with Crippen LogP contribution in [-0.2, 0) is 20.2 Å². The maximum absolute atomic E-state index is 5.90. The number of aromatic nitrogens is 4. The standard InChI is InChI=1S/C26H27ClN6O/c1-28-20-8-9-24-23(14-20)30-25(32(24)2)16-33-12-10-18(11-13-33)22-4-3-5-26(31-22)34-17-21-7-6-19(27)15-29-21/h3-10,14-15,28H,11-13,16-17H2,1-2H3. The zero-order valence-corrected chi connectivity index (χ0v) is 20.1. The van der Waals surface area contributed by atoms with Crippen molar-refractivity contribution in [3.05, 3.63) is 83.0 Å². The molecule has 8 heteroatoms. The molecule has 0 fully saturated rings. The zero-order valence-electron chi connectivity index (χ0n) is 19.3. The molecule has 1 N–H and O–H groups in total. The van der Waals surface area contributed by atoms with Crippen LogP contribution in [0.15, 0.2) is 60.8 Å². The van der Waals surface area contributed by atoms with E-state index in [1.54, 1.807) is 6.20 Å². The molecule has 0 spiro atoms. The monoisotopic (exact) mass is 474 g/mol. The molecule has 34 heavy (non-hydrogen) atoms. The molecule has 0 saturated carbocycles. The van der Waals surface area contributed by atoms with Crippen molar-refractivity contribution >= 4 is 33.9 Å². The maximum atomic E-state index is 5.90. The molecular weight excluding hydrogens is 448 g/mol. The van der Waals surface area contributed by atoms with Gasteiger partial charge in [0.1, 0.15) is 12.4 Å². The molecule has 4 heterocycles. The van der Waals surface area contributed by atoms with Crippen molar-refractivity contribution in [2.75, 3.05) is 25.5 Å². The number of hydrogen-bond acceptors (Lipinski definition) is 6. The fourth-order valence-electron chi connectivity index (χ4n) is 4.15. The summed E-state index contributed by atoms with van der Waals surface area (Å²) in [5, 5.41) is 3.79. The number of fused-ring (bicyclic) bond motifs is 1. The zero-order chi connectivity index (χ0) is 23.5. The minimum atomic E-state index is 0.355. The van der Waals surface area contributed by atoms with E-state index in [2.05, 4.69) is 51.1 Å². The maximum Gasteiger partial charge on any atom is 0.214 e. The highest BCUT2D eigenvalue weighted by Crippen LogP contribution is 2.25. The molecule has 5 rings (SSSR count). The third-order valence-electron chi connectivity index (χ3n) is 6.13. The largest absolute Gasteiger partial charge is 0.471 e. The highest BCUT2D eigenvalue weighted by molar-refractivity contribution is 6.30. The number of ether oxygens (including phenoxy) is 1. The summed E-state index contributed by atoms with van der Waals surface area (Å²) in [4.78, 5) is 16.3. The van der Waals surface area contributed by atoms with Gasteiger partial charge in [-0.15, -0.1) is 0 Å². The number of rotatable bonds is 7. The Morgan fingerprint density at radius 1 is 1.12 bits per heavy atom. The average Bonchev–Trinajstić information content (AvgIpc) is 3.18. The van der Waals surface area contributed by atoms with Gasteiger partial charge in [-0.25, -0.2) is 9.97 Å². The first-order chi connectivity index (χ1) is 16.6. The van der Waals surface area contributed by atoms with Crippen LogP contribution in [0.5, 0.6) is 5.88 Å². The molecule has 4 aromatic rings. The van der Waals surface area contributed by atoms with Crippen LogP contribution >= 0.6 is 11.6 Å². The van der Waals surface area contributed by atoms with Crippen molar-refractivity contribution in [2.45, 2.75) is 19.6 Å². The molecule has 1 aliphatic heterocycles. The third-order valence-corrected chi connectivity index (χ3v) is 6.35. The normalized spacial score (nSPS) is 14.3. The van der Waals surface area contributed by atoms with E-state index in [0.717, 1.165) is 60.0 Å². The SMILES string of the molecule is CNc1ccc2c(c1)nc(CN1CC=C(c3cccc(OCc4ccc(Cl)cn4)n3)CC1)n2C. The summed E-state index contributed by atoms with van der Waals surface area (Å²) in [7, 11) is 4.01. The number of aryl methyl sites for hydroxylation is 1. The van der Waals surface area contributed by atoms with Gasteiger partial charge < -0.3 is 14.6 Å². The number of pyridine rings is 2. The predicted octanol–water partition coefficient (Wildman–Crippen LogP) is 4.93. The summed E-state index contributed by atoms with van der Waals surface area (Å²) >= 11 is 5.90. The highest BCUT2D eigenvalue weighted by Gasteiger charge is 2.17. The molecular formula is C26H27ClN6O. The number of nitrogens with zero attached hydrogens (tertiary/aromatic N) is 5. The Morgan fingerprint density at radius 2 is 2.03 bits per heavy atom. The van der Waals surface area contributed by atoms with Crippen LogP contribution in [0, 0.1) is 0 Å². The van der Waals surface area contributed by atoms with Gasteiger partial charge in [-0.05, 0) is 48.4 Å². The second-order valence-corrected chi connectivity index (χ2v) is 8.81. The molecule has 0 bridgehead atoms. The fourth-order valence-corrected chi connectivity index (χ4v) is 4.26. The highest BCUT2D eigenvalue weighted by atomic mass is 35.5. The average molecular weight is 475 g/mol. The van der Waals surface area contributed by atoms with Crippen LogP contribution in [0.25, 0.3) is 16.6 Å². The Bertz CT molecular complexity index is 1330. The van der Waals surface area contributed by atoms with E-state index in [-0.39, 0.29) is 0 Å². The fraction of sp³-hybridized carbons (Fsp3) is 0.269. The summed E-state index contributed by atoms with van der Waals surface area (Å²) in [6.45, 7) is 2.99. The lowest BCUT2D eigenvalue weighted by Gasteiger charge is -2.25. The predicted molar refractivity (Wildman–Crippen MR) is 136 cm³/mol. The molecule has 0 aliphatic carbocycles. The molecule has 174 valence electrons. The van der Waals surface area contributed by atoms with Crippen molar-refractivity contribution in [3.63, 3.8) is 0 Å². The van der Waals surface area contributed by atoms with Crippen LogP contribution in [-0.4, -0.2) is 44.6 Å². The number of halogens is 1. The molecule has 1 aromatic carbocycles. The molecule has 3 aromatic heterocycles.